The summed E-state index contributed by atoms with van der Waals surface area (Å²) >= 11 is 0. The van der Waals surface area contributed by atoms with Gasteiger partial charge in [-0.05, 0) is 31.0 Å². The number of halogens is 1. The number of aryl methyl sites for hydroxylation is 1. The van der Waals surface area contributed by atoms with Crippen molar-refractivity contribution in [1.82, 2.24) is 0 Å². The fraction of sp³-hybridized carbons (Fsp3) is 0.455. The van der Waals surface area contributed by atoms with Crippen molar-refractivity contribution in [2.24, 2.45) is 0 Å². The Balaban J connectivity index is 2.83. The zero-order valence-corrected chi connectivity index (χ0v) is 10.3. The van der Waals surface area contributed by atoms with Crippen molar-refractivity contribution in [3.05, 3.63) is 29.6 Å². The molecule has 0 amide bonds. The monoisotopic (exact) mass is 245 g/mol. The number of unbranched alkanes of at least 4 members (excludes halogenated alkanes) is 1. The Morgan fingerprint density at radius 1 is 1.38 bits per heavy atom. The first kappa shape index (κ1) is 13.0. The summed E-state index contributed by atoms with van der Waals surface area (Å²) in [6.45, 7) is 3.69. The fourth-order valence-electron chi connectivity index (χ4n) is 1.27. The summed E-state index contributed by atoms with van der Waals surface area (Å²) in [4.78, 5) is 0. The molecule has 0 unspecified atom stereocenters. The Bertz CT molecular complexity index is 457. The Morgan fingerprint density at radius 3 is 2.69 bits per heavy atom. The minimum atomic E-state index is -3.43. The van der Waals surface area contributed by atoms with Gasteiger partial charge in [0.2, 0.25) is 10.0 Å². The molecule has 0 saturated carbocycles. The zero-order valence-electron chi connectivity index (χ0n) is 9.46. The predicted octanol–water partition coefficient (Wildman–Crippen LogP) is 2.68. The first-order chi connectivity index (χ1) is 7.44. The number of nitrogens with one attached hydrogen (secondary N) is 1. The third-order valence-corrected chi connectivity index (χ3v) is 3.51. The minimum Gasteiger partial charge on any atom is -0.281 e. The molecular weight excluding hydrogens is 229 g/mol. The molecule has 0 spiro atoms. The van der Waals surface area contributed by atoms with Gasteiger partial charge in [-0.25, -0.2) is 12.8 Å². The molecule has 3 nitrogen and oxygen atoms in total. The summed E-state index contributed by atoms with van der Waals surface area (Å²) in [5, 5.41) is 0. The van der Waals surface area contributed by atoms with E-state index >= 15 is 0 Å². The molecule has 16 heavy (non-hydrogen) atoms. The molecule has 0 radical (unpaired) electrons. The second-order valence-electron chi connectivity index (χ2n) is 3.76. The predicted molar refractivity (Wildman–Crippen MR) is 63.5 cm³/mol. The first-order valence-electron chi connectivity index (χ1n) is 5.21. The maximum Gasteiger partial charge on any atom is 0.232 e. The summed E-state index contributed by atoms with van der Waals surface area (Å²) in [5.41, 5.74) is 0.839. The van der Waals surface area contributed by atoms with Crippen LogP contribution in [0.2, 0.25) is 0 Å². The molecular formula is C11H16FNO2S. The van der Waals surface area contributed by atoms with E-state index in [4.69, 9.17) is 0 Å². The van der Waals surface area contributed by atoms with Gasteiger partial charge in [0.25, 0.3) is 0 Å². The molecule has 0 fully saturated rings. The van der Waals surface area contributed by atoms with Crippen LogP contribution in [0.4, 0.5) is 10.1 Å². The van der Waals surface area contributed by atoms with Crippen molar-refractivity contribution < 1.29 is 12.8 Å². The normalized spacial score (nSPS) is 11.4. The highest BCUT2D eigenvalue weighted by Crippen LogP contribution is 2.17. The van der Waals surface area contributed by atoms with Crippen molar-refractivity contribution in [3.8, 4) is 0 Å². The third kappa shape index (κ3) is 3.81. The second kappa shape index (κ2) is 5.30. The number of rotatable bonds is 5. The average Bonchev–Trinajstić information content (AvgIpc) is 2.20. The standard InChI is InChI=1S/C11H16FNO2S/c1-3-4-7-16(14,15)13-11-8-9(2)5-6-10(11)12/h5-6,8,13H,3-4,7H2,1-2H3. The van der Waals surface area contributed by atoms with Gasteiger partial charge in [-0.15, -0.1) is 0 Å². The molecule has 0 heterocycles. The lowest BCUT2D eigenvalue weighted by Crippen LogP contribution is -2.17. The number of hydrogen-bond acceptors (Lipinski definition) is 2. The molecule has 0 atom stereocenters. The SMILES string of the molecule is CCCCS(=O)(=O)Nc1cc(C)ccc1F. The third-order valence-electron chi connectivity index (χ3n) is 2.15. The van der Waals surface area contributed by atoms with Crippen molar-refractivity contribution in [3.63, 3.8) is 0 Å². The van der Waals surface area contributed by atoms with Crippen LogP contribution in [0.5, 0.6) is 0 Å². The fourth-order valence-corrected chi connectivity index (χ4v) is 2.53. The summed E-state index contributed by atoms with van der Waals surface area (Å²) in [6.07, 6.45) is 1.36. The van der Waals surface area contributed by atoms with Gasteiger partial charge in [0.1, 0.15) is 5.82 Å². The van der Waals surface area contributed by atoms with E-state index in [1.807, 2.05) is 6.92 Å². The quantitative estimate of drug-likeness (QED) is 0.867. The Morgan fingerprint density at radius 2 is 2.06 bits per heavy atom. The second-order valence-corrected chi connectivity index (χ2v) is 5.60. The largest absolute Gasteiger partial charge is 0.281 e. The maximum absolute atomic E-state index is 13.3. The van der Waals surface area contributed by atoms with Crippen molar-refractivity contribution in [2.75, 3.05) is 10.5 Å². The maximum atomic E-state index is 13.3. The zero-order chi connectivity index (χ0) is 12.2. The number of sulfonamides is 1. The van der Waals surface area contributed by atoms with E-state index < -0.39 is 15.8 Å². The van der Waals surface area contributed by atoms with Crippen LogP contribution in [0.15, 0.2) is 18.2 Å². The Labute approximate surface area is 95.7 Å². The molecule has 0 aliphatic heterocycles. The number of benzene rings is 1. The van der Waals surface area contributed by atoms with E-state index in [9.17, 15) is 12.8 Å². The van der Waals surface area contributed by atoms with Crippen LogP contribution in [0.25, 0.3) is 0 Å². The highest BCUT2D eigenvalue weighted by Gasteiger charge is 2.12. The molecule has 0 aromatic heterocycles. The molecule has 1 aromatic rings. The molecule has 1 rings (SSSR count). The van der Waals surface area contributed by atoms with Crippen LogP contribution < -0.4 is 4.72 Å². The van der Waals surface area contributed by atoms with E-state index in [-0.39, 0.29) is 11.4 Å². The molecule has 0 bridgehead atoms. The van der Waals surface area contributed by atoms with Gasteiger partial charge in [-0.1, -0.05) is 19.4 Å². The highest BCUT2D eigenvalue weighted by molar-refractivity contribution is 7.92. The van der Waals surface area contributed by atoms with Gasteiger partial charge in [-0.3, -0.25) is 4.72 Å². The Hall–Kier alpha value is -1.10. The van der Waals surface area contributed by atoms with Crippen molar-refractivity contribution >= 4 is 15.7 Å². The van der Waals surface area contributed by atoms with Gasteiger partial charge in [-0.2, -0.15) is 0 Å². The lowest BCUT2D eigenvalue weighted by Gasteiger charge is -2.08. The summed E-state index contributed by atoms with van der Waals surface area (Å²) < 4.78 is 38.6. The average molecular weight is 245 g/mol. The van der Waals surface area contributed by atoms with Crippen LogP contribution in [-0.2, 0) is 10.0 Å². The molecule has 5 heteroatoms. The molecule has 0 aliphatic rings. The van der Waals surface area contributed by atoms with E-state index in [1.165, 1.54) is 12.1 Å². The van der Waals surface area contributed by atoms with Crippen molar-refractivity contribution in [1.29, 1.82) is 0 Å². The van der Waals surface area contributed by atoms with Gasteiger partial charge < -0.3 is 0 Å². The number of anilines is 1. The van der Waals surface area contributed by atoms with E-state index in [0.29, 0.717) is 6.42 Å². The van der Waals surface area contributed by atoms with Gasteiger partial charge >= 0.3 is 0 Å². The molecule has 1 aromatic carbocycles. The summed E-state index contributed by atoms with van der Waals surface area (Å²) in [5.74, 6) is -0.526. The van der Waals surface area contributed by atoms with Crippen LogP contribution >= 0.6 is 0 Å². The van der Waals surface area contributed by atoms with Crippen LogP contribution in [-0.4, -0.2) is 14.2 Å². The molecule has 0 saturated heterocycles. The van der Waals surface area contributed by atoms with Crippen molar-refractivity contribution in [2.45, 2.75) is 26.7 Å². The van der Waals surface area contributed by atoms with E-state index in [0.717, 1.165) is 12.0 Å². The minimum absolute atomic E-state index is 0.0242. The first-order valence-corrected chi connectivity index (χ1v) is 6.86. The van der Waals surface area contributed by atoms with E-state index in [1.54, 1.807) is 13.0 Å². The van der Waals surface area contributed by atoms with E-state index in [2.05, 4.69) is 4.72 Å². The lowest BCUT2D eigenvalue weighted by atomic mass is 10.2. The van der Waals surface area contributed by atoms with Crippen LogP contribution in [0, 0.1) is 12.7 Å². The molecule has 0 aliphatic carbocycles. The van der Waals surface area contributed by atoms with Crippen LogP contribution in [0.3, 0.4) is 0 Å². The lowest BCUT2D eigenvalue weighted by molar-refractivity contribution is 0.595. The summed E-state index contributed by atoms with van der Waals surface area (Å²) in [6, 6.07) is 4.34. The van der Waals surface area contributed by atoms with Gasteiger partial charge in [0.05, 0.1) is 11.4 Å². The van der Waals surface area contributed by atoms with Gasteiger partial charge in [0.15, 0.2) is 0 Å². The molecule has 1 N–H and O–H groups in total. The summed E-state index contributed by atoms with van der Waals surface area (Å²) in [7, 11) is -3.43. The van der Waals surface area contributed by atoms with Crippen LogP contribution in [0.1, 0.15) is 25.3 Å². The Kier molecular flexibility index (Phi) is 4.29. The molecule has 90 valence electrons. The highest BCUT2D eigenvalue weighted by atomic mass is 32.2. The number of hydrogen-bond donors (Lipinski definition) is 1. The van der Waals surface area contributed by atoms with Gasteiger partial charge in [0, 0.05) is 0 Å². The topological polar surface area (TPSA) is 46.2 Å². The smallest absolute Gasteiger partial charge is 0.232 e.